The summed E-state index contributed by atoms with van der Waals surface area (Å²) in [7, 11) is 0. The lowest BCUT2D eigenvalue weighted by Crippen LogP contribution is -2.54. The van der Waals surface area contributed by atoms with Crippen LogP contribution in [0.3, 0.4) is 0 Å². The van der Waals surface area contributed by atoms with Crippen LogP contribution in [0.1, 0.15) is 16.7 Å². The second kappa shape index (κ2) is 6.94. The average Bonchev–Trinajstić information content (AvgIpc) is 2.58. The first-order valence-corrected chi connectivity index (χ1v) is 7.10. The van der Waals surface area contributed by atoms with Gasteiger partial charge in [0.25, 0.3) is 11.5 Å². The number of carbonyl (C=O) groups excluding carboxylic acids is 1. The molecule has 1 atom stereocenters. The van der Waals surface area contributed by atoms with Gasteiger partial charge in [-0.1, -0.05) is 30.3 Å². The highest BCUT2D eigenvalue weighted by atomic mass is 19.4. The van der Waals surface area contributed by atoms with Gasteiger partial charge < -0.3 is 10.4 Å². The zero-order valence-electron chi connectivity index (χ0n) is 12.9. The number of hydrogen-bond acceptors (Lipinski definition) is 3. The molecule has 10 heteroatoms. The summed E-state index contributed by atoms with van der Waals surface area (Å²) in [6.45, 7) is -0.680. The fraction of sp³-hybridized carbons (Fsp3) is 0.250. The molecule has 140 valence electrons. The molecule has 0 fully saturated rings. The van der Waals surface area contributed by atoms with Gasteiger partial charge in [-0.15, -0.1) is 0 Å². The topological polar surface area (TPSA) is 62.2 Å². The Labute approximate surface area is 143 Å². The molecule has 0 aliphatic heterocycles. The van der Waals surface area contributed by atoms with Gasteiger partial charge in [-0.05, 0) is 11.6 Å². The van der Waals surface area contributed by atoms with E-state index < -0.39 is 41.5 Å². The minimum absolute atomic E-state index is 0.175. The van der Waals surface area contributed by atoms with E-state index in [0.29, 0.717) is 12.3 Å². The highest BCUT2D eigenvalue weighted by molar-refractivity contribution is 5.87. The summed E-state index contributed by atoms with van der Waals surface area (Å²) in [5, 5.41) is 11.8. The van der Waals surface area contributed by atoms with E-state index in [9.17, 15) is 36.2 Å². The molecule has 4 nitrogen and oxygen atoms in total. The number of halogens is 6. The highest BCUT2D eigenvalue weighted by Crippen LogP contribution is 2.39. The highest BCUT2D eigenvalue weighted by Gasteiger charge is 2.60. The first kappa shape index (κ1) is 19.7. The van der Waals surface area contributed by atoms with Gasteiger partial charge in [0.2, 0.25) is 0 Å². The van der Waals surface area contributed by atoms with Crippen LogP contribution in [-0.2, 0) is 23.1 Å². The van der Waals surface area contributed by atoms with Gasteiger partial charge in [0, 0.05) is 24.5 Å². The van der Waals surface area contributed by atoms with E-state index in [1.807, 2.05) is 0 Å². The lowest BCUT2D eigenvalue weighted by atomic mass is 9.92. The van der Waals surface area contributed by atoms with E-state index in [2.05, 4.69) is 4.98 Å². The SMILES string of the molecule is O=C(NCc1cncc(C(F)(F)F)c1)C(O)(c1ccccc1)C(F)(F)F. The van der Waals surface area contributed by atoms with Crippen molar-refractivity contribution in [2.75, 3.05) is 0 Å². The maximum absolute atomic E-state index is 13.3. The molecule has 2 aromatic rings. The normalized spacial score (nSPS) is 14.6. The van der Waals surface area contributed by atoms with Crippen LogP contribution in [0.15, 0.2) is 48.8 Å². The van der Waals surface area contributed by atoms with Crippen LogP contribution >= 0.6 is 0 Å². The van der Waals surface area contributed by atoms with Crippen molar-refractivity contribution in [1.29, 1.82) is 0 Å². The molecule has 0 saturated carbocycles. The summed E-state index contributed by atoms with van der Waals surface area (Å²) < 4.78 is 77.8. The van der Waals surface area contributed by atoms with Gasteiger partial charge >= 0.3 is 12.4 Å². The number of pyridine rings is 1. The van der Waals surface area contributed by atoms with Gasteiger partial charge in [-0.3, -0.25) is 9.78 Å². The molecule has 1 amide bonds. The summed E-state index contributed by atoms with van der Waals surface area (Å²) in [5.41, 5.74) is -5.85. The molecule has 1 unspecified atom stereocenters. The lowest BCUT2D eigenvalue weighted by Gasteiger charge is -2.29. The number of amides is 1. The Kier molecular flexibility index (Phi) is 5.26. The minimum atomic E-state index is -5.34. The average molecular weight is 378 g/mol. The van der Waals surface area contributed by atoms with Gasteiger partial charge in [0.05, 0.1) is 5.56 Å². The van der Waals surface area contributed by atoms with Crippen molar-refractivity contribution < 1.29 is 36.2 Å². The molecule has 0 saturated heterocycles. The summed E-state index contributed by atoms with van der Waals surface area (Å²) in [5.74, 6) is -1.81. The number of aliphatic hydroxyl groups is 1. The van der Waals surface area contributed by atoms with E-state index in [4.69, 9.17) is 0 Å². The monoisotopic (exact) mass is 378 g/mol. The van der Waals surface area contributed by atoms with Crippen molar-refractivity contribution in [2.24, 2.45) is 0 Å². The molecule has 0 radical (unpaired) electrons. The predicted octanol–water partition coefficient (Wildman–Crippen LogP) is 3.17. The Morgan fingerprint density at radius 1 is 1.00 bits per heavy atom. The number of alkyl halides is 6. The zero-order chi connectivity index (χ0) is 19.6. The Morgan fingerprint density at radius 2 is 1.62 bits per heavy atom. The van der Waals surface area contributed by atoms with Crippen LogP contribution < -0.4 is 5.32 Å². The fourth-order valence-electron chi connectivity index (χ4n) is 2.15. The lowest BCUT2D eigenvalue weighted by molar-refractivity contribution is -0.257. The third-order valence-electron chi connectivity index (χ3n) is 3.51. The first-order chi connectivity index (χ1) is 12.0. The molecular formula is C16H12F6N2O2. The third kappa shape index (κ3) is 3.96. The molecule has 26 heavy (non-hydrogen) atoms. The second-order valence-corrected chi connectivity index (χ2v) is 5.34. The van der Waals surface area contributed by atoms with Crippen LogP contribution in [0.25, 0.3) is 0 Å². The number of nitrogens with zero attached hydrogens (tertiary/aromatic N) is 1. The van der Waals surface area contributed by atoms with Gasteiger partial charge in [-0.25, -0.2) is 0 Å². The van der Waals surface area contributed by atoms with E-state index in [1.165, 1.54) is 18.2 Å². The number of benzene rings is 1. The molecule has 1 aromatic heterocycles. The fourth-order valence-corrected chi connectivity index (χ4v) is 2.15. The van der Waals surface area contributed by atoms with Crippen molar-refractivity contribution in [1.82, 2.24) is 10.3 Å². The molecule has 0 bridgehead atoms. The van der Waals surface area contributed by atoms with E-state index in [1.54, 1.807) is 5.32 Å². The number of hydrogen-bond donors (Lipinski definition) is 2. The Hall–Kier alpha value is -2.62. The van der Waals surface area contributed by atoms with Crippen LogP contribution in [-0.4, -0.2) is 22.2 Å². The number of carbonyl (C=O) groups is 1. The van der Waals surface area contributed by atoms with Crippen LogP contribution in [0.4, 0.5) is 26.3 Å². The van der Waals surface area contributed by atoms with Crippen molar-refractivity contribution in [2.45, 2.75) is 24.5 Å². The maximum atomic E-state index is 13.3. The Morgan fingerprint density at radius 3 is 2.15 bits per heavy atom. The third-order valence-corrected chi connectivity index (χ3v) is 3.51. The van der Waals surface area contributed by atoms with Gasteiger partial charge in [0.1, 0.15) is 0 Å². The predicted molar refractivity (Wildman–Crippen MR) is 77.5 cm³/mol. The maximum Gasteiger partial charge on any atom is 0.430 e. The smallest absolute Gasteiger partial charge is 0.369 e. The second-order valence-electron chi connectivity index (χ2n) is 5.34. The zero-order valence-corrected chi connectivity index (χ0v) is 12.9. The molecule has 1 heterocycles. The van der Waals surface area contributed by atoms with E-state index in [-0.39, 0.29) is 5.56 Å². The van der Waals surface area contributed by atoms with E-state index in [0.717, 1.165) is 18.3 Å². The number of rotatable bonds is 4. The first-order valence-electron chi connectivity index (χ1n) is 7.10. The standard InChI is InChI=1S/C16H12F6N2O2/c17-15(18,19)12-6-10(7-23-9-12)8-24-13(25)14(26,16(20,21)22)11-4-2-1-3-5-11/h1-7,9,26H,8H2,(H,24,25). The molecule has 0 aliphatic rings. The Balaban J connectivity index is 2.24. The van der Waals surface area contributed by atoms with Gasteiger partial charge in [-0.2, -0.15) is 26.3 Å². The van der Waals surface area contributed by atoms with Crippen molar-refractivity contribution in [3.8, 4) is 0 Å². The van der Waals surface area contributed by atoms with Crippen LogP contribution in [0, 0.1) is 0 Å². The molecule has 0 spiro atoms. The summed E-state index contributed by atoms with van der Waals surface area (Å²) in [4.78, 5) is 15.4. The number of nitrogens with one attached hydrogen (secondary N) is 1. The summed E-state index contributed by atoms with van der Waals surface area (Å²) >= 11 is 0. The van der Waals surface area contributed by atoms with Gasteiger partial charge in [0.15, 0.2) is 0 Å². The summed E-state index contributed by atoms with van der Waals surface area (Å²) in [6.07, 6.45) is -8.53. The van der Waals surface area contributed by atoms with Crippen molar-refractivity contribution in [3.05, 3.63) is 65.5 Å². The van der Waals surface area contributed by atoms with Crippen molar-refractivity contribution >= 4 is 5.91 Å². The van der Waals surface area contributed by atoms with E-state index >= 15 is 0 Å². The quantitative estimate of drug-likeness (QED) is 0.804. The van der Waals surface area contributed by atoms with Crippen molar-refractivity contribution in [3.63, 3.8) is 0 Å². The van der Waals surface area contributed by atoms with Crippen LogP contribution in [0.5, 0.6) is 0 Å². The summed E-state index contributed by atoms with van der Waals surface area (Å²) in [6, 6.07) is 6.28. The molecular weight excluding hydrogens is 366 g/mol. The molecule has 0 aliphatic carbocycles. The molecule has 2 rings (SSSR count). The Bertz CT molecular complexity index is 776. The molecule has 1 aromatic carbocycles. The number of aromatic nitrogens is 1. The minimum Gasteiger partial charge on any atom is -0.369 e. The molecule has 2 N–H and O–H groups in total. The largest absolute Gasteiger partial charge is 0.430 e. The van der Waals surface area contributed by atoms with Crippen LogP contribution in [0.2, 0.25) is 0 Å².